The van der Waals surface area contributed by atoms with Gasteiger partial charge in [0.1, 0.15) is 6.04 Å². The minimum absolute atomic E-state index is 0.133. The van der Waals surface area contributed by atoms with Crippen molar-refractivity contribution in [3.63, 3.8) is 0 Å². The van der Waals surface area contributed by atoms with Crippen LogP contribution < -0.4 is 0 Å². The Morgan fingerprint density at radius 1 is 1.33 bits per heavy atom. The fourth-order valence-corrected chi connectivity index (χ4v) is 8.74. The Morgan fingerprint density at radius 3 is 2.58 bits per heavy atom. The van der Waals surface area contributed by atoms with Crippen molar-refractivity contribution in [3.05, 3.63) is 12.7 Å². The molecule has 3 rings (SSSR count). The highest BCUT2D eigenvalue weighted by Gasteiger charge is 2.78. The monoisotopic (exact) mass is 480 g/mol. The van der Waals surface area contributed by atoms with Crippen molar-refractivity contribution in [1.82, 2.24) is 9.80 Å². The number of thioether (sulfide) groups is 1. The molecule has 3 aliphatic rings. The molecule has 0 aromatic rings. The van der Waals surface area contributed by atoms with E-state index in [1.54, 1.807) is 27.6 Å². The summed E-state index contributed by atoms with van der Waals surface area (Å²) in [6.45, 7) is 12.6. The van der Waals surface area contributed by atoms with E-state index in [0.717, 1.165) is 19.3 Å². The molecular formula is C25H40N2O5S. The van der Waals surface area contributed by atoms with Gasteiger partial charge in [0.05, 0.1) is 29.2 Å². The highest BCUT2D eigenvalue weighted by Crippen LogP contribution is 2.71. The number of unbranched alkanes of at least 4 members (excludes halogenated alkanes) is 2. The molecule has 186 valence electrons. The van der Waals surface area contributed by atoms with Gasteiger partial charge in [0.15, 0.2) is 0 Å². The van der Waals surface area contributed by atoms with Crippen LogP contribution in [0.2, 0.25) is 0 Å². The number of hydrogen-bond acceptors (Lipinski definition) is 5. The summed E-state index contributed by atoms with van der Waals surface area (Å²) >= 11 is 1.54. The van der Waals surface area contributed by atoms with E-state index < -0.39 is 39.4 Å². The topological polar surface area (TPSA) is 98.2 Å². The number of carboxylic acids is 1. The summed E-state index contributed by atoms with van der Waals surface area (Å²) in [5, 5.41) is 20.4. The number of aliphatic hydroxyl groups excluding tert-OH is 1. The van der Waals surface area contributed by atoms with Gasteiger partial charge in [0.2, 0.25) is 11.8 Å². The summed E-state index contributed by atoms with van der Waals surface area (Å²) in [6.07, 6.45) is 6.47. The van der Waals surface area contributed by atoms with Crippen molar-refractivity contribution >= 4 is 29.5 Å². The van der Waals surface area contributed by atoms with Crippen LogP contribution in [-0.2, 0) is 14.4 Å². The van der Waals surface area contributed by atoms with Crippen LogP contribution in [0.3, 0.4) is 0 Å². The van der Waals surface area contributed by atoms with Gasteiger partial charge in [0.25, 0.3) is 0 Å². The molecule has 3 aliphatic heterocycles. The molecule has 2 bridgehead atoms. The average Bonchev–Trinajstić information content (AvgIpc) is 3.31. The zero-order valence-corrected chi connectivity index (χ0v) is 21.3. The third kappa shape index (κ3) is 4.33. The zero-order valence-electron chi connectivity index (χ0n) is 20.5. The summed E-state index contributed by atoms with van der Waals surface area (Å²) in [6, 6.07) is -1.27. The van der Waals surface area contributed by atoms with E-state index in [2.05, 4.69) is 13.5 Å². The van der Waals surface area contributed by atoms with E-state index in [9.17, 15) is 24.6 Å². The molecule has 0 aromatic heterocycles. The Balaban J connectivity index is 2.07. The van der Waals surface area contributed by atoms with Gasteiger partial charge in [0, 0.05) is 17.8 Å². The fraction of sp³-hybridized carbons (Fsp3) is 0.800. The maximum absolute atomic E-state index is 14.1. The zero-order chi connectivity index (χ0) is 24.6. The summed E-state index contributed by atoms with van der Waals surface area (Å²) < 4.78 is -1.32. The molecule has 3 fully saturated rings. The lowest BCUT2D eigenvalue weighted by Crippen LogP contribution is -2.57. The van der Waals surface area contributed by atoms with E-state index in [1.165, 1.54) is 0 Å². The van der Waals surface area contributed by atoms with Crippen LogP contribution in [0, 0.1) is 17.8 Å². The Labute approximate surface area is 202 Å². The minimum Gasteiger partial charge on any atom is -0.481 e. The summed E-state index contributed by atoms with van der Waals surface area (Å²) in [5.41, 5.74) is 0. The predicted molar refractivity (Wildman–Crippen MR) is 130 cm³/mol. The maximum Gasteiger partial charge on any atom is 0.308 e. The SMILES string of the molecule is C=CCN(CCCCC)C(=O)C1N([C@@H](CO)CC(C)C)C(=O)[C@@H]2[C@@H](C(=O)O)[C@@]3(C)CCC12S3. The Kier molecular flexibility index (Phi) is 7.89. The van der Waals surface area contributed by atoms with Crippen LogP contribution in [0.15, 0.2) is 12.7 Å². The molecule has 2 amide bonds. The standard InChI is InChI=1S/C25H40N2O5S/c1-6-8-9-13-26(12-7-2)22(30)20-25-11-10-24(5,33-25)19(23(31)32)18(25)21(29)27(20)17(15-28)14-16(3)4/h7,16-20,28H,2,6,8-15H2,1,3-5H3,(H,31,32)/t17-,18+,19+,20?,24-,25?/m1/s1. The van der Waals surface area contributed by atoms with Crippen LogP contribution in [0.25, 0.3) is 0 Å². The molecule has 2 N–H and O–H groups in total. The molecule has 7 nitrogen and oxygen atoms in total. The molecule has 0 aliphatic carbocycles. The van der Waals surface area contributed by atoms with E-state index in [4.69, 9.17) is 0 Å². The van der Waals surface area contributed by atoms with Gasteiger partial charge < -0.3 is 20.0 Å². The van der Waals surface area contributed by atoms with Crippen molar-refractivity contribution < 1.29 is 24.6 Å². The number of aliphatic hydroxyl groups is 1. The second-order valence-electron chi connectivity index (χ2n) is 10.6. The summed E-state index contributed by atoms with van der Waals surface area (Å²) in [7, 11) is 0. The van der Waals surface area contributed by atoms with Crippen molar-refractivity contribution in [2.75, 3.05) is 19.7 Å². The maximum atomic E-state index is 14.1. The van der Waals surface area contributed by atoms with E-state index in [0.29, 0.717) is 32.4 Å². The summed E-state index contributed by atoms with van der Waals surface area (Å²) in [4.78, 5) is 43.8. The normalized spacial score (nSPS) is 33.5. The first-order valence-corrected chi connectivity index (χ1v) is 13.1. The van der Waals surface area contributed by atoms with E-state index in [1.807, 2.05) is 20.8 Å². The third-order valence-corrected chi connectivity index (χ3v) is 9.74. The number of nitrogens with zero attached hydrogens (tertiary/aromatic N) is 2. The van der Waals surface area contributed by atoms with Crippen molar-refractivity contribution in [2.24, 2.45) is 17.8 Å². The molecule has 0 saturated carbocycles. The minimum atomic E-state index is -0.965. The lowest BCUT2D eigenvalue weighted by atomic mass is 9.66. The van der Waals surface area contributed by atoms with E-state index >= 15 is 0 Å². The fourth-order valence-electron chi connectivity index (χ4n) is 6.41. The second kappa shape index (κ2) is 9.98. The average molecular weight is 481 g/mol. The number of carboxylic acid groups (broad SMARTS) is 1. The first-order valence-electron chi connectivity index (χ1n) is 12.3. The number of rotatable bonds is 12. The first kappa shape index (κ1) is 26.1. The van der Waals surface area contributed by atoms with Gasteiger partial charge in [-0.25, -0.2) is 0 Å². The Morgan fingerprint density at radius 2 is 2.03 bits per heavy atom. The smallest absolute Gasteiger partial charge is 0.308 e. The van der Waals surface area contributed by atoms with Crippen LogP contribution >= 0.6 is 11.8 Å². The number of likely N-dealkylation sites (tertiary alicyclic amines) is 1. The van der Waals surface area contributed by atoms with Gasteiger partial charge in [-0.05, 0) is 38.5 Å². The van der Waals surface area contributed by atoms with Crippen LogP contribution in [0.1, 0.15) is 66.2 Å². The van der Waals surface area contributed by atoms with Crippen molar-refractivity contribution in [2.45, 2.75) is 87.8 Å². The van der Waals surface area contributed by atoms with Gasteiger partial charge in [-0.15, -0.1) is 18.3 Å². The number of carbonyl (C=O) groups is 3. The number of aliphatic carboxylic acids is 1. The van der Waals surface area contributed by atoms with Gasteiger partial charge in [-0.1, -0.05) is 39.7 Å². The van der Waals surface area contributed by atoms with Gasteiger partial charge >= 0.3 is 5.97 Å². The molecule has 0 radical (unpaired) electrons. The molecule has 33 heavy (non-hydrogen) atoms. The predicted octanol–water partition coefficient (Wildman–Crippen LogP) is 3.16. The molecule has 2 unspecified atom stereocenters. The molecule has 1 spiro atoms. The van der Waals surface area contributed by atoms with Gasteiger partial charge in [-0.3, -0.25) is 14.4 Å². The lowest BCUT2D eigenvalue weighted by molar-refractivity contribution is -0.151. The lowest BCUT2D eigenvalue weighted by Gasteiger charge is -2.40. The molecule has 0 aromatic carbocycles. The molecular weight excluding hydrogens is 440 g/mol. The second-order valence-corrected chi connectivity index (χ2v) is 12.5. The molecule has 3 heterocycles. The molecule has 6 atom stereocenters. The number of amides is 2. The van der Waals surface area contributed by atoms with Crippen LogP contribution in [-0.4, -0.2) is 79.1 Å². The van der Waals surface area contributed by atoms with Crippen LogP contribution in [0.5, 0.6) is 0 Å². The molecule has 3 saturated heterocycles. The van der Waals surface area contributed by atoms with E-state index in [-0.39, 0.29) is 24.3 Å². The first-order chi connectivity index (χ1) is 15.6. The van der Waals surface area contributed by atoms with Gasteiger partial charge in [-0.2, -0.15) is 0 Å². The quantitative estimate of drug-likeness (QED) is 0.329. The third-order valence-electron chi connectivity index (χ3n) is 7.75. The summed E-state index contributed by atoms with van der Waals surface area (Å²) in [5.74, 6) is -2.72. The molecule has 8 heteroatoms. The van der Waals surface area contributed by atoms with Crippen molar-refractivity contribution in [1.29, 1.82) is 0 Å². The number of carbonyl (C=O) groups excluding carboxylic acids is 2. The Bertz CT molecular complexity index is 789. The Hall–Kier alpha value is -1.54. The largest absolute Gasteiger partial charge is 0.481 e. The van der Waals surface area contributed by atoms with Crippen LogP contribution in [0.4, 0.5) is 0 Å². The highest BCUT2D eigenvalue weighted by atomic mass is 32.2. The number of fused-ring (bicyclic) bond motifs is 1. The van der Waals surface area contributed by atoms with Crippen molar-refractivity contribution in [3.8, 4) is 0 Å². The number of hydrogen-bond donors (Lipinski definition) is 2. The highest BCUT2D eigenvalue weighted by molar-refractivity contribution is 8.02.